The van der Waals surface area contributed by atoms with Crippen molar-refractivity contribution in [3.8, 4) is 0 Å². The number of benzene rings is 1. The van der Waals surface area contributed by atoms with Gasteiger partial charge in [-0.2, -0.15) is 0 Å². The van der Waals surface area contributed by atoms with E-state index in [2.05, 4.69) is 11.8 Å². The molecule has 1 unspecified atom stereocenters. The van der Waals surface area contributed by atoms with Gasteiger partial charge in [0.1, 0.15) is 0 Å². The summed E-state index contributed by atoms with van der Waals surface area (Å²) in [6.45, 7) is 5.70. The van der Waals surface area contributed by atoms with Crippen molar-refractivity contribution >= 4 is 5.78 Å². The summed E-state index contributed by atoms with van der Waals surface area (Å²) in [5, 5.41) is 0. The number of hydrogen-bond donors (Lipinski definition) is 0. The summed E-state index contributed by atoms with van der Waals surface area (Å²) in [5.41, 5.74) is 0.244. The summed E-state index contributed by atoms with van der Waals surface area (Å²) in [6.07, 6.45) is 3.43. The van der Waals surface area contributed by atoms with Crippen molar-refractivity contribution in [1.29, 1.82) is 0 Å². The third-order valence-corrected chi connectivity index (χ3v) is 3.83. The van der Waals surface area contributed by atoms with Gasteiger partial charge < -0.3 is 0 Å². The van der Waals surface area contributed by atoms with Crippen LogP contribution in [-0.4, -0.2) is 29.8 Å². The highest BCUT2D eigenvalue weighted by Crippen LogP contribution is 2.30. The predicted molar refractivity (Wildman–Crippen MR) is 74.7 cm³/mol. The third-order valence-electron chi connectivity index (χ3n) is 3.83. The largest absolute Gasteiger partial charge is 0.293 e. The van der Waals surface area contributed by atoms with Crippen LogP contribution >= 0.6 is 0 Å². The zero-order valence-electron chi connectivity index (χ0n) is 12.0. The molecule has 110 valence electrons. The van der Waals surface area contributed by atoms with Crippen LogP contribution in [-0.2, 0) is 0 Å². The second-order valence-corrected chi connectivity index (χ2v) is 5.61. The molecule has 0 saturated heterocycles. The van der Waals surface area contributed by atoms with Crippen LogP contribution in [0.2, 0.25) is 0 Å². The lowest BCUT2D eigenvalue weighted by Gasteiger charge is -2.27. The van der Waals surface area contributed by atoms with Crippen molar-refractivity contribution in [2.45, 2.75) is 39.2 Å². The molecule has 20 heavy (non-hydrogen) atoms. The third kappa shape index (κ3) is 3.63. The zero-order chi connectivity index (χ0) is 14.7. The van der Waals surface area contributed by atoms with E-state index in [9.17, 15) is 13.6 Å². The number of Topliss-reactive ketones (excluding diaryl/α,β-unsaturated/α-hetero) is 1. The first-order valence-corrected chi connectivity index (χ1v) is 7.26. The van der Waals surface area contributed by atoms with Crippen LogP contribution in [0, 0.1) is 17.6 Å². The molecule has 0 bridgehead atoms. The SMILES string of the molecule is CCCN(CC1CC1)C(C)C(=O)c1ccc(F)c(F)c1. The number of carbonyl (C=O) groups excluding carboxylic acids is 1. The summed E-state index contributed by atoms with van der Waals surface area (Å²) in [7, 11) is 0. The van der Waals surface area contributed by atoms with Gasteiger partial charge in [0.05, 0.1) is 6.04 Å². The van der Waals surface area contributed by atoms with E-state index in [-0.39, 0.29) is 17.4 Å². The Balaban J connectivity index is 2.09. The Morgan fingerprint density at radius 3 is 2.60 bits per heavy atom. The van der Waals surface area contributed by atoms with Gasteiger partial charge in [0.25, 0.3) is 0 Å². The molecule has 1 aromatic rings. The topological polar surface area (TPSA) is 20.3 Å². The highest BCUT2D eigenvalue weighted by Gasteiger charge is 2.29. The minimum absolute atomic E-state index is 0.141. The summed E-state index contributed by atoms with van der Waals surface area (Å²) in [4.78, 5) is 14.5. The standard InChI is InChI=1S/C16H21F2NO/c1-3-8-19(10-12-4-5-12)11(2)16(20)13-6-7-14(17)15(18)9-13/h6-7,9,11-12H,3-5,8,10H2,1-2H3. The highest BCUT2D eigenvalue weighted by atomic mass is 19.2. The maximum absolute atomic E-state index is 13.2. The molecule has 2 rings (SSSR count). The van der Waals surface area contributed by atoms with Crippen LogP contribution in [0.4, 0.5) is 8.78 Å². The lowest BCUT2D eigenvalue weighted by Crippen LogP contribution is -2.40. The van der Waals surface area contributed by atoms with E-state index in [1.54, 1.807) is 0 Å². The first kappa shape index (κ1) is 15.1. The minimum atomic E-state index is -0.965. The van der Waals surface area contributed by atoms with E-state index >= 15 is 0 Å². The number of nitrogens with zero attached hydrogens (tertiary/aromatic N) is 1. The van der Waals surface area contributed by atoms with Crippen molar-refractivity contribution in [2.75, 3.05) is 13.1 Å². The average Bonchev–Trinajstić information content (AvgIpc) is 3.24. The van der Waals surface area contributed by atoms with Gasteiger partial charge in [-0.1, -0.05) is 6.92 Å². The van der Waals surface area contributed by atoms with Gasteiger partial charge in [-0.15, -0.1) is 0 Å². The predicted octanol–water partition coefficient (Wildman–Crippen LogP) is 3.66. The molecule has 4 heteroatoms. The van der Waals surface area contributed by atoms with Crippen molar-refractivity contribution in [1.82, 2.24) is 4.90 Å². The van der Waals surface area contributed by atoms with E-state index in [4.69, 9.17) is 0 Å². The van der Waals surface area contributed by atoms with E-state index in [1.807, 2.05) is 6.92 Å². The highest BCUT2D eigenvalue weighted by molar-refractivity contribution is 5.99. The summed E-state index contributed by atoms with van der Waals surface area (Å²) in [6, 6.07) is 3.08. The number of hydrogen-bond acceptors (Lipinski definition) is 2. The molecule has 1 fully saturated rings. The molecule has 1 aliphatic carbocycles. The molecule has 0 N–H and O–H groups in total. The van der Waals surface area contributed by atoms with Crippen LogP contribution in [0.5, 0.6) is 0 Å². The van der Waals surface area contributed by atoms with Crippen molar-refractivity contribution in [3.63, 3.8) is 0 Å². The van der Waals surface area contributed by atoms with E-state index in [0.717, 1.165) is 31.6 Å². The molecule has 0 heterocycles. The Morgan fingerprint density at radius 2 is 2.05 bits per heavy atom. The van der Waals surface area contributed by atoms with E-state index in [1.165, 1.54) is 18.9 Å². The molecule has 1 atom stereocenters. The molecule has 0 spiro atoms. The number of halogens is 2. The van der Waals surface area contributed by atoms with Gasteiger partial charge in [0.2, 0.25) is 0 Å². The molecule has 0 radical (unpaired) electrons. The van der Waals surface area contributed by atoms with Gasteiger partial charge in [0.15, 0.2) is 17.4 Å². The Labute approximate surface area is 118 Å². The fraction of sp³-hybridized carbons (Fsp3) is 0.562. The molecule has 1 aliphatic rings. The van der Waals surface area contributed by atoms with Crippen LogP contribution in [0.3, 0.4) is 0 Å². The van der Waals surface area contributed by atoms with Crippen LogP contribution in [0.1, 0.15) is 43.5 Å². The monoisotopic (exact) mass is 281 g/mol. The van der Waals surface area contributed by atoms with E-state index < -0.39 is 11.6 Å². The Hall–Kier alpha value is -1.29. The summed E-state index contributed by atoms with van der Waals surface area (Å²) < 4.78 is 26.2. The van der Waals surface area contributed by atoms with Gasteiger partial charge in [-0.05, 0) is 56.8 Å². The first-order chi connectivity index (χ1) is 9.52. The number of ketones is 1. The Morgan fingerprint density at radius 1 is 1.35 bits per heavy atom. The number of rotatable bonds is 7. The van der Waals surface area contributed by atoms with Crippen LogP contribution in [0.25, 0.3) is 0 Å². The maximum Gasteiger partial charge on any atom is 0.179 e. The molecule has 1 saturated carbocycles. The summed E-state index contributed by atoms with van der Waals surface area (Å²) >= 11 is 0. The zero-order valence-corrected chi connectivity index (χ0v) is 12.0. The minimum Gasteiger partial charge on any atom is -0.293 e. The fourth-order valence-corrected chi connectivity index (χ4v) is 2.42. The van der Waals surface area contributed by atoms with Gasteiger partial charge in [-0.3, -0.25) is 9.69 Å². The smallest absolute Gasteiger partial charge is 0.179 e. The van der Waals surface area contributed by atoms with Crippen LogP contribution in [0.15, 0.2) is 18.2 Å². The average molecular weight is 281 g/mol. The van der Waals surface area contributed by atoms with Gasteiger partial charge >= 0.3 is 0 Å². The Bertz CT molecular complexity index is 485. The van der Waals surface area contributed by atoms with Gasteiger partial charge in [-0.25, -0.2) is 8.78 Å². The molecule has 2 nitrogen and oxygen atoms in total. The van der Waals surface area contributed by atoms with Crippen molar-refractivity contribution in [2.24, 2.45) is 5.92 Å². The second kappa shape index (κ2) is 6.44. The summed E-state index contributed by atoms with van der Waals surface area (Å²) in [5.74, 6) is -1.33. The molecule has 0 amide bonds. The number of carbonyl (C=O) groups is 1. The quantitative estimate of drug-likeness (QED) is 0.711. The maximum atomic E-state index is 13.2. The van der Waals surface area contributed by atoms with Crippen molar-refractivity contribution < 1.29 is 13.6 Å². The lowest BCUT2D eigenvalue weighted by molar-refractivity contribution is 0.0831. The molecule has 0 aliphatic heterocycles. The van der Waals surface area contributed by atoms with Crippen molar-refractivity contribution in [3.05, 3.63) is 35.4 Å². The molecular weight excluding hydrogens is 260 g/mol. The fourth-order valence-electron chi connectivity index (χ4n) is 2.42. The lowest BCUT2D eigenvalue weighted by atomic mass is 10.0. The van der Waals surface area contributed by atoms with Gasteiger partial charge in [0, 0.05) is 12.1 Å². The van der Waals surface area contributed by atoms with Crippen LogP contribution < -0.4 is 0 Å². The normalized spacial score (nSPS) is 16.4. The first-order valence-electron chi connectivity index (χ1n) is 7.26. The molecular formula is C16H21F2NO. The molecule has 0 aromatic heterocycles. The Kier molecular flexibility index (Phi) is 4.86. The second-order valence-electron chi connectivity index (χ2n) is 5.61. The molecule has 1 aromatic carbocycles. The van der Waals surface area contributed by atoms with E-state index in [0.29, 0.717) is 5.92 Å².